The number of rotatable bonds is 5. The Bertz CT molecular complexity index is 900. The number of hydrogen-bond donors (Lipinski definition) is 1. The highest BCUT2D eigenvalue weighted by Crippen LogP contribution is 2.45. The van der Waals surface area contributed by atoms with Crippen molar-refractivity contribution < 1.29 is 24.2 Å². The van der Waals surface area contributed by atoms with E-state index >= 15 is 0 Å². The van der Waals surface area contributed by atoms with Crippen LogP contribution in [-0.2, 0) is 4.79 Å². The van der Waals surface area contributed by atoms with Crippen LogP contribution < -0.4 is 9.47 Å². The van der Waals surface area contributed by atoms with Crippen molar-refractivity contribution in [3.8, 4) is 11.5 Å². The minimum atomic E-state index is -0.978. The van der Waals surface area contributed by atoms with Crippen LogP contribution in [0.4, 0.5) is 0 Å². The SMILES string of the molecule is O=C(O)[C@H]1c2ccccc2C(=O)N(CCCCl)[C@H]1c1ccc2c(c1)OCO2. The zero-order valence-electron chi connectivity index (χ0n) is 14.4. The number of carbonyl (C=O) groups excluding carboxylic acids is 1. The molecule has 0 radical (unpaired) electrons. The zero-order chi connectivity index (χ0) is 19.0. The van der Waals surface area contributed by atoms with E-state index < -0.39 is 17.9 Å². The molecule has 27 heavy (non-hydrogen) atoms. The Hall–Kier alpha value is -2.73. The highest BCUT2D eigenvalue weighted by atomic mass is 35.5. The van der Waals surface area contributed by atoms with Gasteiger partial charge in [-0.2, -0.15) is 0 Å². The Kier molecular flexibility index (Phi) is 4.66. The molecule has 0 bridgehead atoms. The number of nitrogens with zero attached hydrogens (tertiary/aromatic N) is 1. The van der Waals surface area contributed by atoms with Crippen molar-refractivity contribution in [1.29, 1.82) is 0 Å². The summed E-state index contributed by atoms with van der Waals surface area (Å²) in [5, 5.41) is 10.0. The quantitative estimate of drug-likeness (QED) is 0.795. The molecule has 2 aliphatic rings. The van der Waals surface area contributed by atoms with Gasteiger partial charge in [-0.3, -0.25) is 9.59 Å². The van der Waals surface area contributed by atoms with Gasteiger partial charge in [0, 0.05) is 18.0 Å². The number of fused-ring (bicyclic) bond motifs is 2. The van der Waals surface area contributed by atoms with Crippen LogP contribution in [-0.4, -0.2) is 41.1 Å². The average Bonchev–Trinajstić information content (AvgIpc) is 3.14. The molecule has 1 N–H and O–H groups in total. The third-order valence-electron chi connectivity index (χ3n) is 4.98. The minimum Gasteiger partial charge on any atom is -0.481 e. The monoisotopic (exact) mass is 387 g/mol. The molecule has 2 heterocycles. The molecule has 6 nitrogen and oxygen atoms in total. The van der Waals surface area contributed by atoms with Crippen molar-refractivity contribution >= 4 is 23.5 Å². The summed E-state index contributed by atoms with van der Waals surface area (Å²) in [5.74, 6) is -0.489. The fourth-order valence-electron chi connectivity index (χ4n) is 3.80. The van der Waals surface area contributed by atoms with E-state index in [2.05, 4.69) is 0 Å². The van der Waals surface area contributed by atoms with Crippen LogP contribution in [0.1, 0.15) is 39.9 Å². The number of amides is 1. The van der Waals surface area contributed by atoms with Gasteiger partial charge in [0.1, 0.15) is 5.92 Å². The largest absolute Gasteiger partial charge is 0.481 e. The van der Waals surface area contributed by atoms with Crippen LogP contribution in [0.2, 0.25) is 0 Å². The molecule has 2 atom stereocenters. The van der Waals surface area contributed by atoms with Crippen LogP contribution in [0, 0.1) is 0 Å². The Morgan fingerprint density at radius 2 is 1.96 bits per heavy atom. The number of benzene rings is 2. The molecule has 2 aliphatic heterocycles. The molecule has 1 amide bonds. The first-order valence-electron chi connectivity index (χ1n) is 8.70. The molecule has 2 aromatic rings. The Balaban J connectivity index is 1.86. The molecule has 140 valence electrons. The maximum absolute atomic E-state index is 13.1. The summed E-state index contributed by atoms with van der Waals surface area (Å²) in [7, 11) is 0. The highest BCUT2D eigenvalue weighted by molar-refractivity contribution is 6.17. The van der Waals surface area contributed by atoms with Gasteiger partial charge in [-0.15, -0.1) is 11.6 Å². The van der Waals surface area contributed by atoms with Gasteiger partial charge in [-0.25, -0.2) is 0 Å². The number of carbonyl (C=O) groups is 2. The maximum Gasteiger partial charge on any atom is 0.313 e. The molecular formula is C20H18ClNO5. The zero-order valence-corrected chi connectivity index (χ0v) is 15.2. The molecule has 4 rings (SSSR count). The van der Waals surface area contributed by atoms with Gasteiger partial charge in [0.2, 0.25) is 6.79 Å². The van der Waals surface area contributed by atoms with E-state index in [4.69, 9.17) is 21.1 Å². The van der Waals surface area contributed by atoms with E-state index in [0.717, 1.165) is 0 Å². The van der Waals surface area contributed by atoms with Gasteiger partial charge in [-0.05, 0) is 35.7 Å². The van der Waals surface area contributed by atoms with Crippen LogP contribution >= 0.6 is 11.6 Å². The van der Waals surface area contributed by atoms with E-state index in [1.807, 2.05) is 0 Å². The van der Waals surface area contributed by atoms with Crippen LogP contribution in [0.25, 0.3) is 0 Å². The Morgan fingerprint density at radius 3 is 2.74 bits per heavy atom. The predicted octanol–water partition coefficient (Wildman–Crippen LogP) is 3.41. The highest BCUT2D eigenvalue weighted by Gasteiger charge is 2.44. The lowest BCUT2D eigenvalue weighted by Crippen LogP contribution is -2.45. The summed E-state index contributed by atoms with van der Waals surface area (Å²) in [5.41, 5.74) is 1.65. The first-order chi connectivity index (χ1) is 13.1. The van der Waals surface area contributed by atoms with E-state index in [-0.39, 0.29) is 12.7 Å². The second-order valence-corrected chi connectivity index (χ2v) is 6.88. The van der Waals surface area contributed by atoms with E-state index in [1.165, 1.54) is 0 Å². The lowest BCUT2D eigenvalue weighted by molar-refractivity contribution is -0.140. The number of carboxylic acids is 1. The summed E-state index contributed by atoms with van der Waals surface area (Å²) < 4.78 is 10.8. The van der Waals surface area contributed by atoms with E-state index in [9.17, 15) is 14.7 Å². The van der Waals surface area contributed by atoms with Crippen LogP contribution in [0.3, 0.4) is 0 Å². The number of alkyl halides is 1. The predicted molar refractivity (Wildman–Crippen MR) is 98.5 cm³/mol. The second-order valence-electron chi connectivity index (χ2n) is 6.50. The summed E-state index contributed by atoms with van der Waals surface area (Å²) >= 11 is 5.85. The van der Waals surface area contributed by atoms with Crippen LogP contribution in [0.15, 0.2) is 42.5 Å². The summed E-state index contributed by atoms with van der Waals surface area (Å²) in [4.78, 5) is 27.0. The third kappa shape index (κ3) is 3.00. The van der Waals surface area contributed by atoms with Crippen molar-refractivity contribution in [2.75, 3.05) is 19.2 Å². The fraction of sp³-hybridized carbons (Fsp3) is 0.300. The third-order valence-corrected chi connectivity index (χ3v) is 5.24. The van der Waals surface area contributed by atoms with Gasteiger partial charge in [0.25, 0.3) is 5.91 Å². The normalized spacial score (nSPS) is 20.5. The molecule has 0 spiro atoms. The Labute approximate surface area is 161 Å². The number of ether oxygens (including phenoxy) is 2. The van der Waals surface area contributed by atoms with Crippen molar-refractivity contribution in [1.82, 2.24) is 4.90 Å². The molecular weight excluding hydrogens is 370 g/mol. The minimum absolute atomic E-state index is 0.129. The fourth-order valence-corrected chi connectivity index (χ4v) is 3.92. The summed E-state index contributed by atoms with van der Waals surface area (Å²) in [6, 6.07) is 11.6. The van der Waals surface area contributed by atoms with Gasteiger partial charge in [0.05, 0.1) is 6.04 Å². The van der Waals surface area contributed by atoms with E-state index in [1.54, 1.807) is 47.4 Å². The Morgan fingerprint density at radius 1 is 1.19 bits per heavy atom. The number of halogens is 1. The lowest BCUT2D eigenvalue weighted by atomic mass is 9.79. The molecule has 0 unspecified atom stereocenters. The summed E-state index contributed by atoms with van der Waals surface area (Å²) in [6.07, 6.45) is 0.572. The molecule has 0 saturated heterocycles. The van der Waals surface area contributed by atoms with Gasteiger partial charge in [-0.1, -0.05) is 24.3 Å². The van der Waals surface area contributed by atoms with Crippen molar-refractivity contribution in [3.05, 3.63) is 59.2 Å². The van der Waals surface area contributed by atoms with Gasteiger partial charge < -0.3 is 19.5 Å². The first kappa shape index (κ1) is 17.7. The molecule has 0 aromatic heterocycles. The number of aliphatic carboxylic acids is 1. The summed E-state index contributed by atoms with van der Waals surface area (Å²) in [6.45, 7) is 0.503. The number of hydrogen-bond acceptors (Lipinski definition) is 4. The smallest absolute Gasteiger partial charge is 0.313 e. The van der Waals surface area contributed by atoms with Gasteiger partial charge in [0.15, 0.2) is 11.5 Å². The molecule has 2 aromatic carbocycles. The molecule has 0 aliphatic carbocycles. The van der Waals surface area contributed by atoms with E-state index in [0.29, 0.717) is 47.0 Å². The van der Waals surface area contributed by atoms with Crippen molar-refractivity contribution in [2.24, 2.45) is 0 Å². The average molecular weight is 388 g/mol. The second kappa shape index (κ2) is 7.12. The lowest BCUT2D eigenvalue weighted by Gasteiger charge is -2.40. The molecule has 0 saturated carbocycles. The number of carboxylic acid groups (broad SMARTS) is 1. The van der Waals surface area contributed by atoms with Crippen molar-refractivity contribution in [2.45, 2.75) is 18.4 Å². The van der Waals surface area contributed by atoms with Crippen molar-refractivity contribution in [3.63, 3.8) is 0 Å². The molecule has 0 fully saturated rings. The van der Waals surface area contributed by atoms with Gasteiger partial charge >= 0.3 is 5.97 Å². The maximum atomic E-state index is 13.1. The topological polar surface area (TPSA) is 76.1 Å². The van der Waals surface area contributed by atoms with Crippen LogP contribution in [0.5, 0.6) is 11.5 Å². The first-order valence-corrected chi connectivity index (χ1v) is 9.23. The molecule has 7 heteroatoms. The standard InChI is InChI=1S/C20H18ClNO5/c21-8-3-9-22-18(12-6-7-15-16(10-12)27-11-26-15)17(20(24)25)13-4-1-2-5-14(13)19(22)23/h1-2,4-7,10,17-18H,3,8-9,11H2,(H,24,25)/t17-,18-/m0/s1.